The number of allylic oxidation sites excluding steroid dienone is 2. The standard InChI is InChI=1S/C18H34O2.C2H6O2.C2H6O/c1-2-3-4-5-6-7-8-9-10-11-12-13-14-15-16-17-18(19)20;3-1-2-4;1-2-3/h9-10H,2-8,11-17H2,1H3,(H,19,20);3-4H,1-2H2;3H,2H2,1H3/b10-9-;;. The van der Waals surface area contributed by atoms with E-state index in [9.17, 15) is 4.79 Å². The van der Waals surface area contributed by atoms with Crippen molar-refractivity contribution in [2.24, 2.45) is 0 Å². The Morgan fingerprint density at radius 1 is 0.667 bits per heavy atom. The first-order chi connectivity index (χ1) is 13.1. The van der Waals surface area contributed by atoms with E-state index in [0.717, 1.165) is 12.8 Å². The van der Waals surface area contributed by atoms with Crippen LogP contribution in [-0.2, 0) is 4.79 Å². The zero-order chi connectivity index (χ0) is 21.0. The van der Waals surface area contributed by atoms with E-state index >= 15 is 0 Å². The van der Waals surface area contributed by atoms with Gasteiger partial charge in [0.25, 0.3) is 0 Å². The fourth-order valence-corrected chi connectivity index (χ4v) is 2.35. The predicted molar refractivity (Wildman–Crippen MR) is 114 cm³/mol. The van der Waals surface area contributed by atoms with Crippen LogP contribution >= 0.6 is 0 Å². The highest BCUT2D eigenvalue weighted by molar-refractivity contribution is 5.66. The molecule has 0 fully saturated rings. The molecular weight excluding hydrogens is 344 g/mol. The van der Waals surface area contributed by atoms with Gasteiger partial charge in [0, 0.05) is 13.0 Å². The maximum absolute atomic E-state index is 10.3. The minimum Gasteiger partial charge on any atom is -0.481 e. The quantitative estimate of drug-likeness (QED) is 0.218. The molecule has 0 bridgehead atoms. The van der Waals surface area contributed by atoms with E-state index in [2.05, 4.69) is 19.1 Å². The number of carbonyl (C=O) groups is 1. The highest BCUT2D eigenvalue weighted by atomic mass is 16.4. The molecule has 0 aliphatic carbocycles. The fraction of sp³-hybridized carbons (Fsp3) is 0.864. The van der Waals surface area contributed by atoms with Gasteiger partial charge in [0.2, 0.25) is 0 Å². The lowest BCUT2D eigenvalue weighted by atomic mass is 10.1. The second-order valence-electron chi connectivity index (χ2n) is 6.49. The first kappa shape index (κ1) is 30.8. The molecule has 0 aromatic carbocycles. The second kappa shape index (κ2) is 32.7. The van der Waals surface area contributed by atoms with E-state index in [1.807, 2.05) is 0 Å². The van der Waals surface area contributed by atoms with Crippen LogP contribution in [0.25, 0.3) is 0 Å². The Labute approximate surface area is 167 Å². The van der Waals surface area contributed by atoms with Crippen molar-refractivity contribution in [1.82, 2.24) is 0 Å². The van der Waals surface area contributed by atoms with Crippen LogP contribution in [0, 0.1) is 0 Å². The highest BCUT2D eigenvalue weighted by Crippen LogP contribution is 2.09. The molecule has 5 nitrogen and oxygen atoms in total. The first-order valence-corrected chi connectivity index (χ1v) is 10.8. The van der Waals surface area contributed by atoms with Crippen LogP contribution < -0.4 is 0 Å². The zero-order valence-corrected chi connectivity index (χ0v) is 17.9. The van der Waals surface area contributed by atoms with Crippen LogP contribution in [0.4, 0.5) is 0 Å². The molecule has 0 amide bonds. The molecule has 0 aromatic rings. The lowest BCUT2D eigenvalue weighted by molar-refractivity contribution is -0.137. The summed E-state index contributed by atoms with van der Waals surface area (Å²) in [5, 5.41) is 31.3. The van der Waals surface area contributed by atoms with Gasteiger partial charge in [-0.15, -0.1) is 0 Å². The molecule has 0 spiro atoms. The summed E-state index contributed by atoms with van der Waals surface area (Å²) in [6.07, 6.45) is 21.2. The van der Waals surface area contributed by atoms with Crippen LogP contribution in [-0.4, -0.2) is 46.2 Å². The van der Waals surface area contributed by atoms with Gasteiger partial charge < -0.3 is 20.4 Å². The molecule has 0 unspecified atom stereocenters. The summed E-state index contributed by atoms with van der Waals surface area (Å²) in [5.74, 6) is -0.664. The largest absolute Gasteiger partial charge is 0.481 e. The third-order valence-electron chi connectivity index (χ3n) is 3.75. The molecule has 0 heterocycles. The number of aliphatic carboxylic acids is 1. The van der Waals surface area contributed by atoms with E-state index in [-0.39, 0.29) is 19.8 Å². The number of carboxylic acid groups (broad SMARTS) is 1. The summed E-state index contributed by atoms with van der Waals surface area (Å²) >= 11 is 0. The van der Waals surface area contributed by atoms with Gasteiger partial charge in [0.15, 0.2) is 0 Å². The Morgan fingerprint density at radius 3 is 1.41 bits per heavy atom. The third kappa shape index (κ3) is 45.8. The molecule has 0 radical (unpaired) electrons. The summed E-state index contributed by atoms with van der Waals surface area (Å²) in [4.78, 5) is 10.3. The van der Waals surface area contributed by atoms with Crippen LogP contribution in [0.3, 0.4) is 0 Å². The van der Waals surface area contributed by atoms with E-state index in [4.69, 9.17) is 20.4 Å². The van der Waals surface area contributed by atoms with Gasteiger partial charge in [-0.2, -0.15) is 0 Å². The van der Waals surface area contributed by atoms with Crippen molar-refractivity contribution in [1.29, 1.82) is 0 Å². The summed E-state index contributed by atoms with van der Waals surface area (Å²) in [6, 6.07) is 0. The van der Waals surface area contributed by atoms with Gasteiger partial charge in [-0.05, 0) is 39.0 Å². The van der Waals surface area contributed by atoms with Gasteiger partial charge in [-0.3, -0.25) is 4.79 Å². The number of hydrogen-bond acceptors (Lipinski definition) is 4. The van der Waals surface area contributed by atoms with Gasteiger partial charge in [0.1, 0.15) is 0 Å². The molecule has 0 aliphatic rings. The average molecular weight is 391 g/mol. The Morgan fingerprint density at radius 2 is 1.04 bits per heavy atom. The number of unbranched alkanes of at least 4 members (excludes halogenated alkanes) is 11. The van der Waals surface area contributed by atoms with Gasteiger partial charge in [-0.1, -0.05) is 70.4 Å². The Hall–Kier alpha value is -0.910. The summed E-state index contributed by atoms with van der Waals surface area (Å²) < 4.78 is 0. The molecule has 0 saturated carbocycles. The third-order valence-corrected chi connectivity index (χ3v) is 3.75. The minimum absolute atomic E-state index is 0.125. The summed E-state index contributed by atoms with van der Waals surface area (Å²) in [7, 11) is 0. The normalized spacial score (nSPS) is 10.1. The maximum Gasteiger partial charge on any atom is 0.303 e. The molecule has 4 N–H and O–H groups in total. The highest BCUT2D eigenvalue weighted by Gasteiger charge is 1.95. The van der Waals surface area contributed by atoms with Gasteiger partial charge >= 0.3 is 5.97 Å². The zero-order valence-electron chi connectivity index (χ0n) is 17.9. The molecule has 0 aromatic heterocycles. The van der Waals surface area contributed by atoms with Gasteiger partial charge in [0.05, 0.1) is 13.2 Å². The summed E-state index contributed by atoms with van der Waals surface area (Å²) in [5.41, 5.74) is 0. The van der Waals surface area contributed by atoms with E-state index in [1.54, 1.807) is 6.92 Å². The van der Waals surface area contributed by atoms with Crippen molar-refractivity contribution < 1.29 is 25.2 Å². The molecule has 0 atom stereocenters. The lowest BCUT2D eigenvalue weighted by Crippen LogP contribution is -1.93. The summed E-state index contributed by atoms with van der Waals surface area (Å²) in [6.45, 7) is 3.94. The predicted octanol–water partition coefficient (Wildman–Crippen LogP) is 5.08. The fourth-order valence-electron chi connectivity index (χ4n) is 2.35. The molecule has 164 valence electrons. The number of aliphatic hydroxyl groups is 3. The van der Waals surface area contributed by atoms with E-state index in [0.29, 0.717) is 6.42 Å². The Balaban J connectivity index is -0.000000703. The van der Waals surface area contributed by atoms with Gasteiger partial charge in [-0.25, -0.2) is 0 Å². The smallest absolute Gasteiger partial charge is 0.303 e. The molecule has 0 saturated heterocycles. The van der Waals surface area contributed by atoms with Crippen molar-refractivity contribution in [3.8, 4) is 0 Å². The van der Waals surface area contributed by atoms with Crippen molar-refractivity contribution in [2.75, 3.05) is 19.8 Å². The molecule has 27 heavy (non-hydrogen) atoms. The van der Waals surface area contributed by atoms with Crippen LogP contribution in [0.2, 0.25) is 0 Å². The average Bonchev–Trinajstić information content (AvgIpc) is 2.65. The number of carboxylic acids is 1. The van der Waals surface area contributed by atoms with Crippen molar-refractivity contribution >= 4 is 5.97 Å². The van der Waals surface area contributed by atoms with Crippen molar-refractivity contribution in [3.63, 3.8) is 0 Å². The van der Waals surface area contributed by atoms with Crippen LogP contribution in [0.5, 0.6) is 0 Å². The SMILES string of the molecule is CCCCCCCC/C=C\CCCCCCCC(=O)O.CCO.OCCO. The molecule has 0 aliphatic heterocycles. The molecule has 5 heteroatoms. The Kier molecular flexibility index (Phi) is 37.3. The van der Waals surface area contributed by atoms with Crippen LogP contribution in [0.1, 0.15) is 104 Å². The monoisotopic (exact) mass is 390 g/mol. The van der Waals surface area contributed by atoms with E-state index < -0.39 is 5.97 Å². The van der Waals surface area contributed by atoms with Crippen molar-refractivity contribution in [3.05, 3.63) is 12.2 Å². The van der Waals surface area contributed by atoms with E-state index in [1.165, 1.54) is 70.6 Å². The second-order valence-corrected chi connectivity index (χ2v) is 6.49. The van der Waals surface area contributed by atoms with Crippen molar-refractivity contribution in [2.45, 2.75) is 104 Å². The number of hydrogen-bond donors (Lipinski definition) is 4. The molecule has 0 rings (SSSR count). The maximum atomic E-state index is 10.3. The number of rotatable bonds is 16. The van der Waals surface area contributed by atoms with Crippen LogP contribution in [0.15, 0.2) is 12.2 Å². The Bertz CT molecular complexity index is 278. The number of aliphatic hydroxyl groups excluding tert-OH is 3. The minimum atomic E-state index is -0.664. The first-order valence-electron chi connectivity index (χ1n) is 10.8. The topological polar surface area (TPSA) is 98.0 Å². The lowest BCUT2D eigenvalue weighted by Gasteiger charge is -1.99. The molecular formula is C22H46O5.